The Balaban J connectivity index is 1.83. The molecule has 1 heterocycles. The van der Waals surface area contributed by atoms with E-state index in [0.29, 0.717) is 5.90 Å². The van der Waals surface area contributed by atoms with Gasteiger partial charge in [-0.05, 0) is 24.3 Å². The van der Waals surface area contributed by atoms with Gasteiger partial charge in [0.2, 0.25) is 0 Å². The predicted molar refractivity (Wildman–Crippen MR) is 89.3 cm³/mol. The van der Waals surface area contributed by atoms with Crippen LogP contribution in [0, 0.1) is 5.92 Å². The number of aliphatic imine (C=N–C) groups is 1. The Hall–Kier alpha value is -2.74. The number of carbonyl (C=O) groups excluding carboxylic acids is 1. The van der Waals surface area contributed by atoms with Gasteiger partial charge in [-0.15, -0.1) is 0 Å². The second-order valence-electron chi connectivity index (χ2n) is 5.42. The van der Waals surface area contributed by atoms with Gasteiger partial charge in [-0.1, -0.05) is 60.7 Å². The van der Waals surface area contributed by atoms with Crippen molar-refractivity contribution in [1.82, 2.24) is 0 Å². The van der Waals surface area contributed by atoms with E-state index in [0.717, 1.165) is 16.9 Å². The van der Waals surface area contributed by atoms with Crippen molar-refractivity contribution in [3.05, 3.63) is 96.1 Å². The summed E-state index contributed by atoms with van der Waals surface area (Å²) in [5.41, 5.74) is 2.12. The number of fused-ring (bicyclic) bond motifs is 1. The molecular weight excluding hydrogens is 270 g/mol. The average Bonchev–Trinajstić information content (AvgIpc) is 2.62. The number of benzene rings is 2. The monoisotopic (exact) mass is 286 g/mol. The summed E-state index contributed by atoms with van der Waals surface area (Å²) < 4.78 is 6.21. The van der Waals surface area contributed by atoms with Gasteiger partial charge >= 0.3 is 11.7 Å². The first kappa shape index (κ1) is 13.0. The molecule has 2 nitrogen and oxygen atoms in total. The first-order valence-electron chi connectivity index (χ1n) is 7.50. The first-order chi connectivity index (χ1) is 10.9. The van der Waals surface area contributed by atoms with Crippen LogP contribution in [-0.2, 0) is 0 Å². The van der Waals surface area contributed by atoms with Crippen molar-refractivity contribution in [2.24, 2.45) is 10.9 Å². The standard InChI is InChI=1S/C20H16NO/c1-3-9-15(10-4-1)19-17-13-7-8-14-18(17)21-20(22-19)16-11-5-2-6-12-16/h1-14,17-18H/q+1. The maximum Gasteiger partial charge on any atom is 0.455 e. The third-order valence-electron chi connectivity index (χ3n) is 3.96. The van der Waals surface area contributed by atoms with Crippen LogP contribution in [0.3, 0.4) is 0 Å². The molecule has 0 fully saturated rings. The molecule has 0 saturated carbocycles. The summed E-state index contributed by atoms with van der Waals surface area (Å²) in [6.07, 6.45) is 8.43. The van der Waals surface area contributed by atoms with E-state index in [2.05, 4.69) is 36.4 Å². The lowest BCUT2D eigenvalue weighted by Gasteiger charge is -2.19. The number of hydrogen-bond donors (Lipinski definition) is 0. The Morgan fingerprint density at radius 3 is 2.09 bits per heavy atom. The van der Waals surface area contributed by atoms with Gasteiger partial charge in [0.25, 0.3) is 0 Å². The molecule has 1 aliphatic carbocycles. The highest BCUT2D eigenvalue weighted by Crippen LogP contribution is 2.26. The summed E-state index contributed by atoms with van der Waals surface area (Å²) in [5.74, 6) is 1.83. The number of allylic oxidation sites excluding steroid dienone is 2. The Morgan fingerprint density at radius 1 is 0.727 bits per heavy atom. The van der Waals surface area contributed by atoms with Gasteiger partial charge < -0.3 is 0 Å². The molecule has 0 radical (unpaired) electrons. The highest BCUT2D eigenvalue weighted by atomic mass is 16.4. The summed E-state index contributed by atoms with van der Waals surface area (Å²) >= 11 is 0. The van der Waals surface area contributed by atoms with Gasteiger partial charge in [-0.3, -0.25) is 0 Å². The highest BCUT2D eigenvalue weighted by Gasteiger charge is 2.39. The maximum atomic E-state index is 6.21. The molecule has 0 spiro atoms. The van der Waals surface area contributed by atoms with Crippen molar-refractivity contribution >= 4 is 11.7 Å². The second-order valence-corrected chi connectivity index (χ2v) is 5.42. The summed E-state index contributed by atoms with van der Waals surface area (Å²) in [6.45, 7) is 0. The van der Waals surface area contributed by atoms with Gasteiger partial charge in [-0.2, -0.15) is 9.42 Å². The Bertz CT molecular complexity index is 785. The molecule has 2 aromatic carbocycles. The van der Waals surface area contributed by atoms with Crippen molar-refractivity contribution in [3.8, 4) is 0 Å². The van der Waals surface area contributed by atoms with Gasteiger partial charge in [0.1, 0.15) is 11.5 Å². The summed E-state index contributed by atoms with van der Waals surface area (Å²) in [7, 11) is 0. The SMILES string of the molecule is C1=CC2N=C(c3ccccc3)[O+]=C(c3ccccc3)C2C=C1. The smallest absolute Gasteiger partial charge is 0.191 e. The van der Waals surface area contributed by atoms with Crippen LogP contribution in [0.1, 0.15) is 15.6 Å². The van der Waals surface area contributed by atoms with E-state index in [9.17, 15) is 0 Å². The molecule has 2 aliphatic rings. The topological polar surface area (TPSA) is 23.7 Å². The number of rotatable bonds is 2. The third-order valence-corrected chi connectivity index (χ3v) is 3.96. The van der Waals surface area contributed by atoms with Crippen molar-refractivity contribution in [3.63, 3.8) is 0 Å². The third kappa shape index (κ3) is 2.33. The Morgan fingerprint density at radius 2 is 1.36 bits per heavy atom. The summed E-state index contributed by atoms with van der Waals surface area (Å²) in [4.78, 5) is 4.79. The molecule has 0 bridgehead atoms. The van der Waals surface area contributed by atoms with Crippen molar-refractivity contribution in [2.75, 3.05) is 0 Å². The molecule has 22 heavy (non-hydrogen) atoms. The van der Waals surface area contributed by atoms with E-state index >= 15 is 0 Å². The van der Waals surface area contributed by atoms with E-state index in [4.69, 9.17) is 9.42 Å². The molecule has 0 saturated heterocycles. The van der Waals surface area contributed by atoms with E-state index < -0.39 is 0 Å². The van der Waals surface area contributed by atoms with E-state index in [1.54, 1.807) is 0 Å². The van der Waals surface area contributed by atoms with Gasteiger partial charge in [0, 0.05) is 0 Å². The van der Waals surface area contributed by atoms with Crippen LogP contribution in [-0.4, -0.2) is 17.7 Å². The lowest BCUT2D eigenvalue weighted by molar-refractivity contribution is -0.119. The maximum absolute atomic E-state index is 6.21. The molecule has 106 valence electrons. The van der Waals surface area contributed by atoms with Gasteiger partial charge in [0.15, 0.2) is 0 Å². The fourth-order valence-corrected chi connectivity index (χ4v) is 2.86. The van der Waals surface area contributed by atoms with Crippen molar-refractivity contribution in [2.45, 2.75) is 6.04 Å². The predicted octanol–water partition coefficient (Wildman–Crippen LogP) is 3.98. The lowest BCUT2D eigenvalue weighted by Crippen LogP contribution is -2.32. The number of hydrogen-bond acceptors (Lipinski definition) is 1. The zero-order valence-electron chi connectivity index (χ0n) is 12.1. The Labute approximate surface area is 129 Å². The molecule has 0 N–H and O–H groups in total. The molecule has 0 amide bonds. The molecule has 2 unspecified atom stereocenters. The minimum absolute atomic E-state index is 0.101. The molecule has 2 heteroatoms. The zero-order valence-corrected chi connectivity index (χ0v) is 12.1. The van der Waals surface area contributed by atoms with Crippen LogP contribution in [0.15, 0.2) is 90.0 Å². The van der Waals surface area contributed by atoms with Gasteiger partial charge in [-0.25, -0.2) is 0 Å². The molecule has 0 aromatic heterocycles. The fourth-order valence-electron chi connectivity index (χ4n) is 2.86. The van der Waals surface area contributed by atoms with Crippen molar-refractivity contribution in [1.29, 1.82) is 0 Å². The van der Waals surface area contributed by atoms with E-state index in [1.165, 1.54) is 0 Å². The van der Waals surface area contributed by atoms with Gasteiger partial charge in [0.05, 0.1) is 11.6 Å². The molecule has 1 aliphatic heterocycles. The van der Waals surface area contributed by atoms with E-state index in [-0.39, 0.29) is 12.0 Å². The van der Waals surface area contributed by atoms with Crippen LogP contribution in [0.2, 0.25) is 0 Å². The Kier molecular flexibility index (Phi) is 3.28. The quantitative estimate of drug-likeness (QED) is 0.746. The zero-order chi connectivity index (χ0) is 14.8. The highest BCUT2D eigenvalue weighted by molar-refractivity contribution is 6.06. The van der Waals surface area contributed by atoms with Crippen LogP contribution in [0.4, 0.5) is 0 Å². The van der Waals surface area contributed by atoms with Crippen molar-refractivity contribution < 1.29 is 4.42 Å². The van der Waals surface area contributed by atoms with Crippen LogP contribution in [0.25, 0.3) is 0 Å². The molecule has 2 atom stereocenters. The minimum Gasteiger partial charge on any atom is -0.191 e. The van der Waals surface area contributed by atoms with Crippen LogP contribution in [0.5, 0.6) is 0 Å². The van der Waals surface area contributed by atoms with Crippen LogP contribution >= 0.6 is 0 Å². The summed E-state index contributed by atoms with van der Waals surface area (Å²) in [5, 5.41) is 0. The lowest BCUT2D eigenvalue weighted by atomic mass is 9.87. The fraction of sp³-hybridized carbons (Fsp3) is 0.100. The second kappa shape index (κ2) is 5.57. The largest absolute Gasteiger partial charge is 0.455 e. The van der Waals surface area contributed by atoms with E-state index in [1.807, 2.05) is 48.5 Å². The molecule has 4 rings (SSSR count). The minimum atomic E-state index is 0.101. The number of nitrogens with zero attached hydrogens (tertiary/aromatic N) is 1. The summed E-state index contributed by atoms with van der Waals surface area (Å²) in [6, 6.07) is 20.5. The first-order valence-corrected chi connectivity index (χ1v) is 7.50. The average molecular weight is 286 g/mol. The number of ketones is 1. The normalized spacial score (nSPS) is 22.7. The molecule has 2 aromatic rings. The van der Waals surface area contributed by atoms with Crippen LogP contribution < -0.4 is 0 Å². The molecular formula is C20H16NO+.